The van der Waals surface area contributed by atoms with Crippen LogP contribution in [-0.4, -0.2) is 49.8 Å². The maximum atomic E-state index is 14.5. The van der Waals surface area contributed by atoms with E-state index in [1.54, 1.807) is 91.0 Å². The van der Waals surface area contributed by atoms with E-state index in [0.29, 0.717) is 40.5 Å². The molecule has 0 fully saturated rings. The highest BCUT2D eigenvalue weighted by Crippen LogP contribution is 2.44. The minimum absolute atomic E-state index is 0.00737. The third-order valence-corrected chi connectivity index (χ3v) is 9.88. The van der Waals surface area contributed by atoms with Crippen LogP contribution < -0.4 is 10.1 Å². The minimum atomic E-state index is -3.84. The summed E-state index contributed by atoms with van der Waals surface area (Å²) in [6.07, 6.45) is -0.814. The summed E-state index contributed by atoms with van der Waals surface area (Å²) in [6, 6.07) is 29.0. The van der Waals surface area contributed by atoms with Gasteiger partial charge in [0.2, 0.25) is 5.90 Å². The number of amides is 1. The minimum Gasteiger partial charge on any atom is -0.494 e. The number of sulfone groups is 1. The zero-order valence-corrected chi connectivity index (χ0v) is 27.5. The number of aliphatic imine (C=N–C) groups is 1. The van der Waals surface area contributed by atoms with Crippen LogP contribution in [0.4, 0.5) is 0 Å². The Kier molecular flexibility index (Phi) is 11.4. The predicted octanol–water partition coefficient (Wildman–Crippen LogP) is 6.35. The van der Waals surface area contributed by atoms with Crippen molar-refractivity contribution in [1.29, 1.82) is 0 Å². The van der Waals surface area contributed by atoms with Crippen molar-refractivity contribution in [1.82, 2.24) is 5.32 Å². The van der Waals surface area contributed by atoms with Gasteiger partial charge in [-0.05, 0) is 70.8 Å². The summed E-state index contributed by atoms with van der Waals surface area (Å²) < 4.78 is 39.4. The van der Waals surface area contributed by atoms with Crippen molar-refractivity contribution in [3.05, 3.63) is 141 Å². The molecule has 13 heteroatoms. The highest BCUT2D eigenvalue weighted by molar-refractivity contribution is 7.91. The van der Waals surface area contributed by atoms with E-state index < -0.39 is 33.1 Å². The molecule has 4 aromatic carbocycles. The van der Waals surface area contributed by atoms with E-state index in [0.717, 1.165) is 5.56 Å². The SMILES string of the molecule is [N-]=[N+]=NCc1ccccc1[C@H]1OC(c2ccc(OCCCO)cc2)=N[C@@]1(CCS(=O)(=O)c1ccccc1)C(=O)NCc1ccc(Cl)cc1. The molecule has 0 saturated heterocycles. The molecule has 0 aromatic heterocycles. The van der Waals surface area contributed by atoms with E-state index in [1.807, 2.05) is 0 Å². The van der Waals surface area contributed by atoms with Gasteiger partial charge in [-0.25, -0.2) is 13.4 Å². The van der Waals surface area contributed by atoms with Crippen LogP contribution in [0.5, 0.6) is 5.75 Å². The number of benzene rings is 4. The first-order chi connectivity index (χ1) is 23.3. The molecule has 5 rings (SSSR count). The van der Waals surface area contributed by atoms with Crippen molar-refractivity contribution in [2.45, 2.75) is 42.5 Å². The van der Waals surface area contributed by atoms with Crippen molar-refractivity contribution in [2.24, 2.45) is 10.1 Å². The van der Waals surface area contributed by atoms with Gasteiger partial charge in [-0.1, -0.05) is 71.3 Å². The van der Waals surface area contributed by atoms with Gasteiger partial charge in [0.25, 0.3) is 5.91 Å². The van der Waals surface area contributed by atoms with E-state index >= 15 is 0 Å². The van der Waals surface area contributed by atoms with E-state index in [9.17, 15) is 13.2 Å². The van der Waals surface area contributed by atoms with Crippen molar-refractivity contribution in [2.75, 3.05) is 19.0 Å². The molecule has 1 aliphatic heterocycles. The Balaban J connectivity index is 1.59. The second kappa shape index (κ2) is 15.8. The number of carbonyl (C=O) groups is 1. The molecule has 0 saturated carbocycles. The van der Waals surface area contributed by atoms with Crippen LogP contribution in [0.1, 0.15) is 41.2 Å². The van der Waals surface area contributed by atoms with Crippen LogP contribution in [0.3, 0.4) is 0 Å². The van der Waals surface area contributed by atoms with Gasteiger partial charge < -0.3 is 19.9 Å². The lowest BCUT2D eigenvalue weighted by Gasteiger charge is -2.31. The number of rotatable bonds is 15. The standard InChI is InChI=1S/C35H34ClN5O6S/c36-28-15-11-25(12-16-28)23-38-34(43)35(19-22-48(44,45)30-8-2-1-3-9-30)32(31-10-5-4-7-27(31)24-39-41-37)47-33(40-35)26-13-17-29(18-14-26)46-21-6-20-42/h1-5,7-18,32,42H,6,19-24H2,(H,38,43)/t32-,35-/m1/s1. The Labute approximate surface area is 283 Å². The molecular formula is C35H34ClN5O6S. The van der Waals surface area contributed by atoms with Gasteiger partial charge in [0.15, 0.2) is 21.5 Å². The summed E-state index contributed by atoms with van der Waals surface area (Å²) in [6.45, 7) is 0.449. The third-order valence-electron chi connectivity index (χ3n) is 7.89. The van der Waals surface area contributed by atoms with Crippen molar-refractivity contribution in [3.8, 4) is 5.75 Å². The Morgan fingerprint density at radius 2 is 1.73 bits per heavy atom. The number of hydrogen-bond donors (Lipinski definition) is 2. The topological polar surface area (TPSA) is 163 Å². The number of aliphatic hydroxyl groups excluding tert-OH is 1. The molecule has 4 aromatic rings. The van der Waals surface area contributed by atoms with Gasteiger partial charge in [0.05, 0.1) is 23.8 Å². The summed E-state index contributed by atoms with van der Waals surface area (Å²) in [4.78, 5) is 22.5. The smallest absolute Gasteiger partial charge is 0.252 e. The lowest BCUT2D eigenvalue weighted by molar-refractivity contribution is -0.129. The molecule has 48 heavy (non-hydrogen) atoms. The summed E-state index contributed by atoms with van der Waals surface area (Å²) >= 11 is 6.06. The first-order valence-electron chi connectivity index (χ1n) is 15.3. The number of azide groups is 1. The highest BCUT2D eigenvalue weighted by atomic mass is 35.5. The number of nitrogens with zero attached hydrogens (tertiary/aromatic N) is 4. The monoisotopic (exact) mass is 687 g/mol. The molecule has 11 nitrogen and oxygen atoms in total. The second-order valence-corrected chi connectivity index (χ2v) is 13.6. The van der Waals surface area contributed by atoms with Gasteiger partial charge in [-0.2, -0.15) is 0 Å². The Morgan fingerprint density at radius 3 is 2.44 bits per heavy atom. The van der Waals surface area contributed by atoms with Crippen LogP contribution in [-0.2, 0) is 32.5 Å². The zero-order chi connectivity index (χ0) is 34.0. The first-order valence-corrected chi connectivity index (χ1v) is 17.3. The number of ether oxygens (including phenoxy) is 2. The van der Waals surface area contributed by atoms with Crippen LogP contribution in [0.2, 0.25) is 5.02 Å². The van der Waals surface area contributed by atoms with E-state index in [2.05, 4.69) is 15.3 Å². The number of nitrogens with one attached hydrogen (secondary N) is 1. The van der Waals surface area contributed by atoms with Gasteiger partial charge in [-0.3, -0.25) is 4.79 Å². The fourth-order valence-electron chi connectivity index (χ4n) is 5.36. The molecular weight excluding hydrogens is 654 g/mol. The van der Waals surface area contributed by atoms with Gasteiger partial charge >= 0.3 is 0 Å². The lowest BCUT2D eigenvalue weighted by atomic mass is 9.83. The molecule has 2 atom stereocenters. The van der Waals surface area contributed by atoms with Gasteiger partial charge in [0, 0.05) is 41.5 Å². The molecule has 248 valence electrons. The second-order valence-electron chi connectivity index (χ2n) is 11.1. The average Bonchev–Trinajstić information content (AvgIpc) is 3.51. The molecule has 2 N–H and O–H groups in total. The molecule has 0 aliphatic carbocycles. The summed E-state index contributed by atoms with van der Waals surface area (Å²) in [7, 11) is -3.84. The lowest BCUT2D eigenvalue weighted by Crippen LogP contribution is -2.49. The fraction of sp³-hybridized carbons (Fsp3) is 0.257. The summed E-state index contributed by atoms with van der Waals surface area (Å²) in [5.41, 5.74) is 9.79. The van der Waals surface area contributed by atoms with Crippen molar-refractivity contribution < 1.29 is 27.8 Å². The largest absolute Gasteiger partial charge is 0.494 e. The van der Waals surface area contributed by atoms with E-state index in [1.165, 1.54) is 12.1 Å². The summed E-state index contributed by atoms with van der Waals surface area (Å²) in [5, 5.41) is 16.3. The van der Waals surface area contributed by atoms with Crippen LogP contribution in [0, 0.1) is 0 Å². The maximum absolute atomic E-state index is 14.5. The normalized spacial score (nSPS) is 17.1. The fourth-order valence-corrected chi connectivity index (χ4v) is 6.88. The Morgan fingerprint density at radius 1 is 1.02 bits per heavy atom. The number of carbonyl (C=O) groups excluding carboxylic acids is 1. The number of halogens is 1. The third kappa shape index (κ3) is 8.15. The Hall–Kier alpha value is -4.87. The number of hydrogen-bond acceptors (Lipinski definition) is 8. The maximum Gasteiger partial charge on any atom is 0.252 e. The zero-order valence-electron chi connectivity index (χ0n) is 25.9. The molecule has 0 radical (unpaired) electrons. The molecule has 1 aliphatic rings. The quantitative estimate of drug-likeness (QED) is 0.0640. The van der Waals surface area contributed by atoms with Crippen molar-refractivity contribution in [3.63, 3.8) is 0 Å². The number of aliphatic hydroxyl groups is 1. The molecule has 1 amide bonds. The van der Waals surface area contributed by atoms with Crippen LogP contribution >= 0.6 is 11.6 Å². The van der Waals surface area contributed by atoms with E-state index in [-0.39, 0.29) is 36.9 Å². The molecule has 0 bridgehead atoms. The van der Waals surface area contributed by atoms with E-state index in [4.69, 9.17) is 36.7 Å². The van der Waals surface area contributed by atoms with Gasteiger partial charge in [0.1, 0.15) is 5.75 Å². The van der Waals surface area contributed by atoms with Crippen LogP contribution in [0.25, 0.3) is 10.4 Å². The predicted molar refractivity (Wildman–Crippen MR) is 182 cm³/mol. The van der Waals surface area contributed by atoms with Crippen LogP contribution in [0.15, 0.2) is 118 Å². The van der Waals surface area contributed by atoms with Crippen molar-refractivity contribution >= 4 is 33.2 Å². The molecule has 0 unspecified atom stereocenters. The average molecular weight is 688 g/mol. The van der Waals surface area contributed by atoms with Gasteiger partial charge in [-0.15, -0.1) is 0 Å². The molecule has 0 spiro atoms. The first kappa shape index (κ1) is 34.5. The highest BCUT2D eigenvalue weighted by Gasteiger charge is 2.54. The molecule has 1 heterocycles. The summed E-state index contributed by atoms with van der Waals surface area (Å²) in [5.74, 6) is -0.233. The Bertz CT molecular complexity index is 1900.